The molecular weight excluding hydrogens is 292 g/mol. The Kier molecular flexibility index (Phi) is 3.78. The molecule has 0 radical (unpaired) electrons. The minimum absolute atomic E-state index is 0. The number of fused-ring (bicyclic) bond motifs is 2. The highest BCUT2D eigenvalue weighted by Crippen LogP contribution is 2.31. The minimum Gasteiger partial charge on any atom is -0.351 e. The van der Waals surface area contributed by atoms with Crippen molar-refractivity contribution in [2.24, 2.45) is 5.73 Å². The van der Waals surface area contributed by atoms with Crippen molar-refractivity contribution in [2.75, 3.05) is 5.32 Å². The van der Waals surface area contributed by atoms with Gasteiger partial charge in [0.2, 0.25) is 0 Å². The number of carbonyl (C=O) groups excluding carboxylic acids is 3. The monoisotopic (exact) mass is 302 g/mol. The second-order valence-corrected chi connectivity index (χ2v) is 4.42. The first-order chi connectivity index (χ1) is 9.59. The van der Waals surface area contributed by atoms with Crippen molar-refractivity contribution >= 4 is 35.7 Å². The molecule has 0 fully saturated rings. The average molecular weight is 303 g/mol. The SMILES string of the molecule is Cl.NC(=O)Nc1cccc2c1C(=O)c1ccccc1C2=O. The van der Waals surface area contributed by atoms with E-state index in [0.717, 1.165) is 0 Å². The summed E-state index contributed by atoms with van der Waals surface area (Å²) in [4.78, 5) is 35.9. The van der Waals surface area contributed by atoms with Crippen molar-refractivity contribution < 1.29 is 14.4 Å². The summed E-state index contributed by atoms with van der Waals surface area (Å²) in [7, 11) is 0. The summed E-state index contributed by atoms with van der Waals surface area (Å²) >= 11 is 0. The van der Waals surface area contributed by atoms with Crippen LogP contribution in [0.1, 0.15) is 31.8 Å². The predicted molar refractivity (Wildman–Crippen MR) is 80.2 cm³/mol. The van der Waals surface area contributed by atoms with Crippen molar-refractivity contribution in [3.05, 3.63) is 64.7 Å². The summed E-state index contributed by atoms with van der Waals surface area (Å²) in [6.07, 6.45) is 0. The van der Waals surface area contributed by atoms with Gasteiger partial charge in [-0.15, -0.1) is 12.4 Å². The standard InChI is InChI=1S/C15H10N2O3.ClH/c16-15(20)17-11-7-3-6-10-12(11)14(19)9-5-2-1-4-8(9)13(10)18;/h1-7H,(H3,16,17,20);1H. The van der Waals surface area contributed by atoms with Gasteiger partial charge in [-0.05, 0) is 6.07 Å². The topological polar surface area (TPSA) is 89.3 Å². The maximum absolute atomic E-state index is 12.5. The summed E-state index contributed by atoms with van der Waals surface area (Å²) in [5.41, 5.74) is 6.52. The lowest BCUT2D eigenvalue weighted by Crippen LogP contribution is -2.25. The lowest BCUT2D eigenvalue weighted by atomic mass is 9.83. The van der Waals surface area contributed by atoms with Crippen LogP contribution in [-0.2, 0) is 0 Å². The Morgan fingerprint density at radius 3 is 2.05 bits per heavy atom. The van der Waals surface area contributed by atoms with E-state index in [2.05, 4.69) is 5.32 Å². The van der Waals surface area contributed by atoms with Gasteiger partial charge in [-0.3, -0.25) is 9.59 Å². The zero-order chi connectivity index (χ0) is 14.3. The summed E-state index contributed by atoms with van der Waals surface area (Å²) in [6, 6.07) is 10.5. The molecule has 0 saturated carbocycles. The molecule has 0 spiro atoms. The maximum Gasteiger partial charge on any atom is 0.316 e. The van der Waals surface area contributed by atoms with Gasteiger partial charge < -0.3 is 11.1 Å². The number of carbonyl (C=O) groups is 3. The van der Waals surface area contributed by atoms with E-state index in [9.17, 15) is 14.4 Å². The van der Waals surface area contributed by atoms with Gasteiger partial charge in [-0.2, -0.15) is 0 Å². The van der Waals surface area contributed by atoms with Gasteiger partial charge >= 0.3 is 6.03 Å². The first kappa shape index (κ1) is 14.7. The summed E-state index contributed by atoms with van der Waals surface area (Å²) in [5.74, 6) is -0.525. The van der Waals surface area contributed by atoms with Crippen molar-refractivity contribution in [2.45, 2.75) is 0 Å². The number of benzene rings is 2. The van der Waals surface area contributed by atoms with E-state index in [-0.39, 0.29) is 40.8 Å². The van der Waals surface area contributed by atoms with Crippen LogP contribution < -0.4 is 11.1 Å². The smallest absolute Gasteiger partial charge is 0.316 e. The molecular formula is C15H11ClN2O3. The number of amides is 2. The molecule has 106 valence electrons. The number of hydrogen-bond donors (Lipinski definition) is 2. The number of anilines is 1. The van der Waals surface area contributed by atoms with Crippen LogP contribution in [0.3, 0.4) is 0 Å². The molecule has 0 heterocycles. The van der Waals surface area contributed by atoms with Crippen LogP contribution in [0.2, 0.25) is 0 Å². The lowest BCUT2D eigenvalue weighted by molar-refractivity contribution is 0.0979. The van der Waals surface area contributed by atoms with Crippen LogP contribution in [0.4, 0.5) is 10.5 Å². The molecule has 5 nitrogen and oxygen atoms in total. The van der Waals surface area contributed by atoms with Crippen molar-refractivity contribution in [1.29, 1.82) is 0 Å². The Bertz CT molecular complexity index is 771. The van der Waals surface area contributed by atoms with Crippen LogP contribution in [0.15, 0.2) is 42.5 Å². The second-order valence-electron chi connectivity index (χ2n) is 4.42. The molecule has 0 saturated heterocycles. The predicted octanol–water partition coefficient (Wildman–Crippen LogP) is 2.37. The first-order valence-corrected chi connectivity index (χ1v) is 5.97. The molecule has 3 rings (SSSR count). The highest BCUT2D eigenvalue weighted by Gasteiger charge is 2.31. The molecule has 2 aromatic carbocycles. The summed E-state index contributed by atoms with van der Waals surface area (Å²) in [6.45, 7) is 0. The number of primary amides is 1. The van der Waals surface area contributed by atoms with Crippen LogP contribution in [0.5, 0.6) is 0 Å². The molecule has 21 heavy (non-hydrogen) atoms. The molecule has 0 aromatic heterocycles. The zero-order valence-electron chi connectivity index (χ0n) is 10.8. The highest BCUT2D eigenvalue weighted by molar-refractivity contribution is 6.30. The summed E-state index contributed by atoms with van der Waals surface area (Å²) in [5, 5.41) is 2.38. The molecule has 0 bridgehead atoms. The highest BCUT2D eigenvalue weighted by atomic mass is 35.5. The maximum atomic E-state index is 12.5. The van der Waals surface area contributed by atoms with Gasteiger partial charge in [0.05, 0.1) is 11.3 Å². The Morgan fingerprint density at radius 2 is 1.43 bits per heavy atom. The molecule has 1 aliphatic rings. The zero-order valence-corrected chi connectivity index (χ0v) is 11.6. The molecule has 2 amide bonds. The van der Waals surface area contributed by atoms with Crippen molar-refractivity contribution in [3.63, 3.8) is 0 Å². The molecule has 0 aliphatic heterocycles. The molecule has 1 aliphatic carbocycles. The number of nitrogens with two attached hydrogens (primary N) is 1. The van der Waals surface area contributed by atoms with E-state index >= 15 is 0 Å². The van der Waals surface area contributed by atoms with E-state index < -0.39 is 6.03 Å². The molecule has 6 heteroatoms. The molecule has 2 aromatic rings. The Hall–Kier alpha value is -2.66. The van der Waals surface area contributed by atoms with Crippen molar-refractivity contribution in [1.82, 2.24) is 0 Å². The van der Waals surface area contributed by atoms with E-state index in [0.29, 0.717) is 11.1 Å². The van der Waals surface area contributed by atoms with Crippen LogP contribution in [0.25, 0.3) is 0 Å². The third kappa shape index (κ3) is 2.28. The number of ketones is 2. The molecule has 3 N–H and O–H groups in total. The quantitative estimate of drug-likeness (QED) is 0.723. The second kappa shape index (κ2) is 5.38. The Morgan fingerprint density at radius 1 is 0.857 bits per heavy atom. The fraction of sp³-hybridized carbons (Fsp3) is 0. The average Bonchev–Trinajstić information content (AvgIpc) is 2.44. The first-order valence-electron chi connectivity index (χ1n) is 5.97. The van der Waals surface area contributed by atoms with Crippen molar-refractivity contribution in [3.8, 4) is 0 Å². The van der Waals surface area contributed by atoms with E-state index in [1.165, 1.54) is 0 Å². The third-order valence-corrected chi connectivity index (χ3v) is 3.21. The van der Waals surface area contributed by atoms with E-state index in [1.54, 1.807) is 42.5 Å². The lowest BCUT2D eigenvalue weighted by Gasteiger charge is -2.19. The van der Waals surface area contributed by atoms with Crippen LogP contribution in [0, 0.1) is 0 Å². The number of rotatable bonds is 1. The van der Waals surface area contributed by atoms with Gasteiger partial charge in [0.15, 0.2) is 11.6 Å². The minimum atomic E-state index is -0.780. The van der Waals surface area contributed by atoms with Gasteiger partial charge in [-0.1, -0.05) is 36.4 Å². The molecule has 0 atom stereocenters. The van der Waals surface area contributed by atoms with Crippen LogP contribution in [-0.4, -0.2) is 17.6 Å². The Balaban J connectivity index is 0.00000161. The van der Waals surface area contributed by atoms with Gasteiger partial charge in [0.1, 0.15) is 0 Å². The fourth-order valence-electron chi connectivity index (χ4n) is 2.38. The largest absolute Gasteiger partial charge is 0.351 e. The number of halogens is 1. The Labute approximate surface area is 126 Å². The number of urea groups is 1. The normalized spacial score (nSPS) is 12.0. The van der Waals surface area contributed by atoms with Gasteiger partial charge in [0.25, 0.3) is 0 Å². The van der Waals surface area contributed by atoms with Gasteiger partial charge in [-0.25, -0.2) is 4.79 Å². The van der Waals surface area contributed by atoms with E-state index in [1.807, 2.05) is 0 Å². The van der Waals surface area contributed by atoms with Crippen LogP contribution >= 0.6 is 12.4 Å². The number of hydrogen-bond acceptors (Lipinski definition) is 3. The van der Waals surface area contributed by atoms with Gasteiger partial charge in [0, 0.05) is 16.7 Å². The fourth-order valence-corrected chi connectivity index (χ4v) is 2.38. The number of nitrogens with one attached hydrogen (secondary N) is 1. The third-order valence-electron chi connectivity index (χ3n) is 3.21. The summed E-state index contributed by atoms with van der Waals surface area (Å²) < 4.78 is 0. The van der Waals surface area contributed by atoms with E-state index in [4.69, 9.17) is 5.73 Å². The molecule has 0 unspecified atom stereocenters.